The highest BCUT2D eigenvalue weighted by Gasteiger charge is 2.51. The number of hydrogen-bond acceptors (Lipinski definition) is 2. The third-order valence-electron chi connectivity index (χ3n) is 7.22. The van der Waals surface area contributed by atoms with Gasteiger partial charge in [-0.2, -0.15) is 0 Å². The highest BCUT2D eigenvalue weighted by molar-refractivity contribution is 5.70. The number of allylic oxidation sites excluding steroid dienone is 4. The minimum atomic E-state index is -0.655. The number of fused-ring (bicyclic) bond motifs is 1. The molecule has 25 heavy (non-hydrogen) atoms. The summed E-state index contributed by atoms with van der Waals surface area (Å²) in [5.41, 5.74) is 3.94. The topological polar surface area (TPSA) is 57.5 Å². The van der Waals surface area contributed by atoms with Gasteiger partial charge in [-0.1, -0.05) is 43.7 Å². The predicted molar refractivity (Wildman–Crippen MR) is 100 cm³/mol. The molecule has 138 valence electrons. The number of carbonyl (C=O) groups is 1. The summed E-state index contributed by atoms with van der Waals surface area (Å²) in [6.45, 7) is 8.36. The molecular weight excluding hydrogens is 312 g/mol. The average molecular weight is 344 g/mol. The molecule has 3 saturated carbocycles. The predicted octanol–water partition coefficient (Wildman–Crippen LogP) is 4.88. The maximum Gasteiger partial charge on any atom is 0.306 e. The van der Waals surface area contributed by atoms with E-state index in [4.69, 9.17) is 0 Å². The summed E-state index contributed by atoms with van der Waals surface area (Å²) in [6, 6.07) is 0. The van der Waals surface area contributed by atoms with Crippen molar-refractivity contribution < 1.29 is 15.0 Å². The van der Waals surface area contributed by atoms with Crippen molar-refractivity contribution in [3.05, 3.63) is 35.5 Å². The van der Waals surface area contributed by atoms with E-state index in [1.54, 1.807) is 0 Å². The van der Waals surface area contributed by atoms with Crippen LogP contribution < -0.4 is 0 Å². The second-order valence-electron chi connectivity index (χ2n) is 8.66. The molecule has 0 amide bonds. The number of aliphatic hydroxyl groups excluding tert-OH is 1. The molecule has 3 fully saturated rings. The van der Waals surface area contributed by atoms with Gasteiger partial charge in [-0.05, 0) is 74.2 Å². The van der Waals surface area contributed by atoms with Gasteiger partial charge >= 0.3 is 5.97 Å². The van der Waals surface area contributed by atoms with E-state index in [-0.39, 0.29) is 23.4 Å². The molecule has 0 saturated heterocycles. The molecule has 1 unspecified atom stereocenters. The number of carboxylic acid groups (broad SMARTS) is 1. The van der Waals surface area contributed by atoms with Crippen LogP contribution >= 0.6 is 0 Å². The Balaban J connectivity index is 1.82. The molecule has 0 aliphatic heterocycles. The van der Waals surface area contributed by atoms with Gasteiger partial charge in [0.05, 0.1) is 12.0 Å². The van der Waals surface area contributed by atoms with Crippen LogP contribution in [0, 0.1) is 23.2 Å². The van der Waals surface area contributed by atoms with Gasteiger partial charge in [0.15, 0.2) is 0 Å². The third-order valence-corrected chi connectivity index (χ3v) is 7.22. The zero-order chi connectivity index (χ0) is 18.2. The van der Waals surface area contributed by atoms with Crippen molar-refractivity contribution in [2.75, 3.05) is 0 Å². The molecule has 0 aromatic heterocycles. The quantitative estimate of drug-likeness (QED) is 0.767. The normalized spacial score (nSPS) is 40.3. The molecule has 3 rings (SSSR count). The van der Waals surface area contributed by atoms with Crippen LogP contribution in [0.5, 0.6) is 0 Å². The first-order valence-corrected chi connectivity index (χ1v) is 9.81. The van der Waals surface area contributed by atoms with Crippen LogP contribution in [-0.4, -0.2) is 22.3 Å². The van der Waals surface area contributed by atoms with Crippen molar-refractivity contribution in [2.45, 2.75) is 71.3 Å². The molecule has 5 atom stereocenters. The minimum absolute atomic E-state index is 0.115. The van der Waals surface area contributed by atoms with Gasteiger partial charge in [0.25, 0.3) is 0 Å². The van der Waals surface area contributed by atoms with Gasteiger partial charge in [-0.15, -0.1) is 0 Å². The first kappa shape index (κ1) is 18.4. The molecule has 0 aromatic rings. The van der Waals surface area contributed by atoms with E-state index in [0.29, 0.717) is 12.3 Å². The molecule has 3 aliphatic rings. The van der Waals surface area contributed by atoms with Crippen molar-refractivity contribution in [3.63, 3.8) is 0 Å². The fraction of sp³-hybridized carbons (Fsp3) is 0.682. The Bertz CT molecular complexity index is 615. The van der Waals surface area contributed by atoms with E-state index < -0.39 is 5.97 Å². The fourth-order valence-electron chi connectivity index (χ4n) is 5.67. The number of rotatable bonds is 3. The molecule has 0 heterocycles. The zero-order valence-corrected chi connectivity index (χ0v) is 15.6. The summed E-state index contributed by atoms with van der Waals surface area (Å²) >= 11 is 0. The molecule has 0 spiro atoms. The second kappa shape index (κ2) is 7.11. The number of hydrogen-bond donors (Lipinski definition) is 2. The Hall–Kier alpha value is -1.35. The van der Waals surface area contributed by atoms with Gasteiger partial charge in [-0.3, -0.25) is 4.79 Å². The van der Waals surface area contributed by atoms with Crippen molar-refractivity contribution in [1.29, 1.82) is 0 Å². The smallest absolute Gasteiger partial charge is 0.306 e. The summed E-state index contributed by atoms with van der Waals surface area (Å²) in [7, 11) is 0. The van der Waals surface area contributed by atoms with Crippen LogP contribution in [0.1, 0.15) is 65.2 Å². The van der Waals surface area contributed by atoms with Gasteiger partial charge < -0.3 is 10.2 Å². The van der Waals surface area contributed by atoms with Gasteiger partial charge in [-0.25, -0.2) is 0 Å². The highest BCUT2D eigenvalue weighted by atomic mass is 16.4. The first-order chi connectivity index (χ1) is 11.8. The lowest BCUT2D eigenvalue weighted by molar-refractivity contribution is -0.144. The van der Waals surface area contributed by atoms with E-state index >= 15 is 0 Å². The molecule has 2 N–H and O–H groups in total. The summed E-state index contributed by atoms with van der Waals surface area (Å²) in [6.07, 6.45) is 12.2. The van der Waals surface area contributed by atoms with E-state index in [0.717, 1.165) is 50.5 Å². The molecule has 0 radical (unpaired) electrons. The maximum absolute atomic E-state index is 11.5. The monoisotopic (exact) mass is 344 g/mol. The first-order valence-electron chi connectivity index (χ1n) is 9.81. The van der Waals surface area contributed by atoms with Crippen LogP contribution in [0.3, 0.4) is 0 Å². The molecule has 0 aromatic carbocycles. The Morgan fingerprint density at radius 3 is 2.76 bits per heavy atom. The van der Waals surface area contributed by atoms with E-state index in [1.165, 1.54) is 11.1 Å². The molecule has 3 aliphatic carbocycles. The molecule has 3 nitrogen and oxygen atoms in total. The van der Waals surface area contributed by atoms with Crippen LogP contribution in [0.15, 0.2) is 35.5 Å². The van der Waals surface area contributed by atoms with Gasteiger partial charge in [0.2, 0.25) is 0 Å². The summed E-state index contributed by atoms with van der Waals surface area (Å²) in [4.78, 5) is 11.5. The van der Waals surface area contributed by atoms with Crippen molar-refractivity contribution >= 4 is 5.97 Å². The summed E-state index contributed by atoms with van der Waals surface area (Å²) in [5, 5.41) is 19.4. The van der Waals surface area contributed by atoms with E-state index in [1.807, 2.05) is 6.92 Å². The molecular formula is C22H32O3. The summed E-state index contributed by atoms with van der Waals surface area (Å²) < 4.78 is 0. The third kappa shape index (κ3) is 3.48. The van der Waals surface area contributed by atoms with Crippen molar-refractivity contribution in [3.8, 4) is 0 Å². The van der Waals surface area contributed by atoms with Gasteiger partial charge in [0, 0.05) is 0 Å². The summed E-state index contributed by atoms with van der Waals surface area (Å²) in [5.74, 6) is -0.136. The highest BCUT2D eigenvalue weighted by Crippen LogP contribution is 2.59. The lowest BCUT2D eigenvalue weighted by Crippen LogP contribution is -2.38. The Morgan fingerprint density at radius 2 is 2.04 bits per heavy atom. The van der Waals surface area contributed by atoms with E-state index in [2.05, 4.69) is 25.7 Å². The zero-order valence-electron chi connectivity index (χ0n) is 15.6. The number of aliphatic carboxylic acids is 1. The average Bonchev–Trinajstić information content (AvgIpc) is 2.92. The van der Waals surface area contributed by atoms with Crippen LogP contribution in [0.4, 0.5) is 0 Å². The van der Waals surface area contributed by atoms with Gasteiger partial charge in [0.1, 0.15) is 0 Å². The van der Waals surface area contributed by atoms with Crippen molar-refractivity contribution in [1.82, 2.24) is 0 Å². The second-order valence-corrected chi connectivity index (χ2v) is 8.66. The Kier molecular flexibility index (Phi) is 5.24. The largest absolute Gasteiger partial charge is 0.481 e. The molecule has 3 heteroatoms. The lowest BCUT2D eigenvalue weighted by atomic mass is 9.61. The van der Waals surface area contributed by atoms with E-state index in [9.17, 15) is 15.0 Å². The minimum Gasteiger partial charge on any atom is -0.481 e. The van der Waals surface area contributed by atoms with Crippen molar-refractivity contribution in [2.24, 2.45) is 23.2 Å². The number of aliphatic hydroxyl groups is 1. The van der Waals surface area contributed by atoms with Crippen LogP contribution in [0.25, 0.3) is 0 Å². The number of carboxylic acids is 1. The van der Waals surface area contributed by atoms with Crippen LogP contribution in [0.2, 0.25) is 0 Å². The molecule has 0 bridgehead atoms. The lowest BCUT2D eigenvalue weighted by Gasteiger charge is -2.43. The Labute approximate surface area is 151 Å². The Morgan fingerprint density at radius 1 is 1.28 bits per heavy atom. The maximum atomic E-state index is 11.5. The fourth-order valence-corrected chi connectivity index (χ4v) is 5.67. The SMILES string of the molecule is C=C1CC[C@H](O)C/C1=C/C=C1\CCC[C@@]2(C)C1CC[C@@H]2[C@H](C)C(=O)O. The standard InChI is InChI=1S/C22H32O3/c1-14-6-9-18(23)13-17(14)8-7-16-5-4-12-22(3)19(10-11-20(16)22)15(2)21(24)25/h7-8,15,18-20,23H,1,4-6,9-13H2,2-3H3,(H,24,25)/b16-7+,17-8-/t15-,18-,19+,20?,22+/m0/s1. The van der Waals surface area contributed by atoms with Crippen LogP contribution in [-0.2, 0) is 4.79 Å².